The fourth-order valence-electron chi connectivity index (χ4n) is 1.65. The average molecular weight is 278 g/mol. The van der Waals surface area contributed by atoms with E-state index in [1.54, 1.807) is 18.2 Å². The van der Waals surface area contributed by atoms with E-state index in [4.69, 9.17) is 4.52 Å². The molecular weight excluding hydrogens is 260 g/mol. The van der Waals surface area contributed by atoms with E-state index in [0.29, 0.717) is 18.2 Å². The number of nitrogens with zero attached hydrogens (tertiary/aromatic N) is 2. The molecule has 2 aromatic rings. The van der Waals surface area contributed by atoms with Crippen LogP contribution in [0.4, 0.5) is 0 Å². The van der Waals surface area contributed by atoms with Gasteiger partial charge in [0.1, 0.15) is 5.75 Å². The monoisotopic (exact) mass is 278 g/mol. The molecule has 1 aromatic heterocycles. The molecule has 0 amide bonds. The summed E-state index contributed by atoms with van der Waals surface area (Å²) in [5.41, 5.74) is 0.963. The number of hydrogen-bond donors (Lipinski definition) is 1. The summed E-state index contributed by atoms with van der Waals surface area (Å²) in [6, 6.07) is 7.08. The summed E-state index contributed by atoms with van der Waals surface area (Å²) >= 11 is 1.81. The molecule has 0 unspecified atom stereocenters. The minimum Gasteiger partial charge on any atom is -0.508 e. The number of aromatic nitrogens is 2. The average Bonchev–Trinajstić information content (AvgIpc) is 2.76. The highest BCUT2D eigenvalue weighted by Crippen LogP contribution is 2.16. The van der Waals surface area contributed by atoms with E-state index < -0.39 is 0 Å². The zero-order chi connectivity index (χ0) is 13.7. The highest BCUT2D eigenvalue weighted by molar-refractivity contribution is 7.98. The number of benzene rings is 1. The van der Waals surface area contributed by atoms with Crippen LogP contribution in [0.15, 0.2) is 28.8 Å². The van der Waals surface area contributed by atoms with E-state index in [1.807, 2.05) is 17.8 Å². The molecule has 0 aliphatic heterocycles. The van der Waals surface area contributed by atoms with Gasteiger partial charge in [0.05, 0.1) is 12.2 Å². The molecule has 0 spiro atoms. The molecule has 1 heterocycles. The normalized spacial score (nSPS) is 11.1. The molecular formula is C14H18N2O2S. The van der Waals surface area contributed by atoms with E-state index in [0.717, 1.165) is 22.9 Å². The predicted molar refractivity (Wildman–Crippen MR) is 76.2 cm³/mol. The largest absolute Gasteiger partial charge is 0.508 e. The summed E-state index contributed by atoms with van der Waals surface area (Å²) in [7, 11) is 0. The zero-order valence-electron chi connectivity index (χ0n) is 11.2. The Morgan fingerprint density at radius 3 is 2.95 bits per heavy atom. The smallest absolute Gasteiger partial charge is 0.231 e. The maximum Gasteiger partial charge on any atom is 0.231 e. The van der Waals surface area contributed by atoms with Crippen molar-refractivity contribution in [1.29, 1.82) is 0 Å². The van der Waals surface area contributed by atoms with Gasteiger partial charge >= 0.3 is 0 Å². The van der Waals surface area contributed by atoms with Crippen molar-refractivity contribution in [2.45, 2.75) is 26.0 Å². The van der Waals surface area contributed by atoms with Gasteiger partial charge in [0.2, 0.25) is 5.89 Å². The maximum absolute atomic E-state index is 9.39. The molecule has 0 atom stereocenters. The van der Waals surface area contributed by atoms with Crippen molar-refractivity contribution >= 4 is 11.8 Å². The third kappa shape index (κ3) is 4.59. The standard InChI is InChI=1S/C14H18N2O2S/c1-10(2)8-19-9-13-15-14(18-16-13)7-11-4-3-5-12(17)6-11/h3-6,10,17H,7-9H2,1-2H3. The second kappa shape index (κ2) is 6.61. The van der Waals surface area contributed by atoms with Crippen LogP contribution in [-0.2, 0) is 12.2 Å². The lowest BCUT2D eigenvalue weighted by Crippen LogP contribution is -1.93. The molecule has 0 radical (unpaired) electrons. The van der Waals surface area contributed by atoms with Crippen LogP contribution in [0.1, 0.15) is 31.1 Å². The van der Waals surface area contributed by atoms with Crippen molar-refractivity contribution in [3.63, 3.8) is 0 Å². The number of hydrogen-bond acceptors (Lipinski definition) is 5. The van der Waals surface area contributed by atoms with Gasteiger partial charge in [-0.05, 0) is 29.4 Å². The molecule has 0 aliphatic rings. The van der Waals surface area contributed by atoms with Gasteiger partial charge in [0.15, 0.2) is 5.82 Å². The van der Waals surface area contributed by atoms with Crippen molar-refractivity contribution in [2.75, 3.05) is 5.75 Å². The lowest BCUT2D eigenvalue weighted by Gasteiger charge is -2.00. The van der Waals surface area contributed by atoms with Crippen LogP contribution in [-0.4, -0.2) is 21.0 Å². The molecule has 0 aliphatic carbocycles. The third-order valence-electron chi connectivity index (χ3n) is 2.46. The van der Waals surface area contributed by atoms with Gasteiger partial charge in [-0.3, -0.25) is 0 Å². The second-order valence-corrected chi connectivity index (χ2v) is 5.89. The molecule has 1 aromatic carbocycles. The molecule has 5 heteroatoms. The summed E-state index contributed by atoms with van der Waals surface area (Å²) in [5, 5.41) is 13.4. The quantitative estimate of drug-likeness (QED) is 0.879. The van der Waals surface area contributed by atoms with Crippen molar-refractivity contribution in [1.82, 2.24) is 10.1 Å². The highest BCUT2D eigenvalue weighted by atomic mass is 32.2. The first-order chi connectivity index (χ1) is 9.13. The molecule has 0 saturated carbocycles. The summed E-state index contributed by atoms with van der Waals surface area (Å²) in [4.78, 5) is 4.35. The van der Waals surface area contributed by atoms with Gasteiger partial charge < -0.3 is 9.63 Å². The Kier molecular flexibility index (Phi) is 4.85. The van der Waals surface area contributed by atoms with Crippen LogP contribution in [0.25, 0.3) is 0 Å². The van der Waals surface area contributed by atoms with Gasteiger partial charge in [0.25, 0.3) is 0 Å². The Bertz CT molecular complexity index is 526. The molecule has 4 nitrogen and oxygen atoms in total. The number of rotatable bonds is 6. The lowest BCUT2D eigenvalue weighted by atomic mass is 10.1. The second-order valence-electron chi connectivity index (χ2n) is 4.86. The van der Waals surface area contributed by atoms with Crippen molar-refractivity contribution < 1.29 is 9.63 Å². The minimum atomic E-state index is 0.254. The Morgan fingerprint density at radius 1 is 1.37 bits per heavy atom. The van der Waals surface area contributed by atoms with E-state index in [2.05, 4.69) is 24.0 Å². The molecule has 1 N–H and O–H groups in total. The molecule has 102 valence electrons. The Hall–Kier alpha value is -1.49. The summed E-state index contributed by atoms with van der Waals surface area (Å²) in [6.45, 7) is 4.38. The fraction of sp³-hybridized carbons (Fsp3) is 0.429. The Labute approximate surface area is 117 Å². The van der Waals surface area contributed by atoms with Crippen LogP contribution in [0.2, 0.25) is 0 Å². The van der Waals surface area contributed by atoms with Crippen LogP contribution >= 0.6 is 11.8 Å². The van der Waals surface area contributed by atoms with Gasteiger partial charge in [0, 0.05) is 0 Å². The summed E-state index contributed by atoms with van der Waals surface area (Å²) in [5.74, 6) is 4.12. The van der Waals surface area contributed by atoms with E-state index in [-0.39, 0.29) is 5.75 Å². The third-order valence-corrected chi connectivity index (χ3v) is 3.82. The molecule has 0 saturated heterocycles. The first kappa shape index (κ1) is 13.9. The van der Waals surface area contributed by atoms with Gasteiger partial charge in [-0.1, -0.05) is 31.1 Å². The van der Waals surface area contributed by atoms with Crippen LogP contribution < -0.4 is 0 Å². The van der Waals surface area contributed by atoms with Gasteiger partial charge in [-0.25, -0.2) is 0 Å². The molecule has 0 fully saturated rings. The number of thioether (sulfide) groups is 1. The lowest BCUT2D eigenvalue weighted by molar-refractivity contribution is 0.380. The Morgan fingerprint density at radius 2 is 2.21 bits per heavy atom. The molecule has 19 heavy (non-hydrogen) atoms. The van der Waals surface area contributed by atoms with Crippen molar-refractivity contribution in [3.05, 3.63) is 41.5 Å². The first-order valence-electron chi connectivity index (χ1n) is 6.30. The molecule has 2 rings (SSSR count). The van der Waals surface area contributed by atoms with Crippen LogP contribution in [0.5, 0.6) is 5.75 Å². The van der Waals surface area contributed by atoms with Crippen LogP contribution in [0, 0.1) is 5.92 Å². The fourth-order valence-corrected chi connectivity index (χ4v) is 2.54. The highest BCUT2D eigenvalue weighted by Gasteiger charge is 2.08. The van der Waals surface area contributed by atoms with E-state index >= 15 is 0 Å². The summed E-state index contributed by atoms with van der Waals surface area (Å²) < 4.78 is 5.21. The number of phenolic OH excluding ortho intramolecular Hbond substituents is 1. The van der Waals surface area contributed by atoms with E-state index in [9.17, 15) is 5.11 Å². The minimum absolute atomic E-state index is 0.254. The Balaban J connectivity index is 1.90. The van der Waals surface area contributed by atoms with E-state index in [1.165, 1.54) is 0 Å². The summed E-state index contributed by atoms with van der Waals surface area (Å²) in [6.07, 6.45) is 0.552. The SMILES string of the molecule is CC(C)CSCc1noc(Cc2cccc(O)c2)n1. The predicted octanol–water partition coefficient (Wildman–Crippen LogP) is 3.26. The van der Waals surface area contributed by atoms with Crippen LogP contribution in [0.3, 0.4) is 0 Å². The maximum atomic E-state index is 9.39. The molecule has 0 bridgehead atoms. The first-order valence-corrected chi connectivity index (χ1v) is 7.46. The van der Waals surface area contributed by atoms with Gasteiger partial charge in [-0.2, -0.15) is 16.7 Å². The number of phenols is 1. The van der Waals surface area contributed by atoms with Gasteiger partial charge in [-0.15, -0.1) is 0 Å². The van der Waals surface area contributed by atoms with Crippen molar-refractivity contribution in [2.24, 2.45) is 5.92 Å². The number of aromatic hydroxyl groups is 1. The topological polar surface area (TPSA) is 59.2 Å². The zero-order valence-corrected chi connectivity index (χ0v) is 12.0. The van der Waals surface area contributed by atoms with Crippen molar-refractivity contribution in [3.8, 4) is 5.75 Å².